The molecule has 2 aliphatic heterocycles. The van der Waals surface area contributed by atoms with Crippen LogP contribution in [-0.4, -0.2) is 28.6 Å². The molecule has 2 amide bonds. The highest BCUT2D eigenvalue weighted by molar-refractivity contribution is 8.18. The van der Waals surface area contributed by atoms with E-state index in [2.05, 4.69) is 44.9 Å². The SMILES string of the molecule is C[C@H]1CC(C)(C)N(C)c2ccc(/C=C3\SC(=O)N(Cc4ccccc4)C3=O)cc21. The van der Waals surface area contributed by atoms with Gasteiger partial charge >= 0.3 is 0 Å². The van der Waals surface area contributed by atoms with Gasteiger partial charge in [-0.3, -0.25) is 14.5 Å². The molecule has 0 N–H and O–H groups in total. The van der Waals surface area contributed by atoms with Crippen molar-refractivity contribution >= 4 is 34.7 Å². The quantitative estimate of drug-likeness (QED) is 0.618. The lowest BCUT2D eigenvalue weighted by Gasteiger charge is -2.45. The van der Waals surface area contributed by atoms with Gasteiger partial charge in [-0.05, 0) is 72.8 Å². The van der Waals surface area contributed by atoms with Crippen LogP contribution in [0.25, 0.3) is 6.08 Å². The van der Waals surface area contributed by atoms with Crippen LogP contribution in [0.15, 0.2) is 53.4 Å². The molecule has 2 aromatic carbocycles. The summed E-state index contributed by atoms with van der Waals surface area (Å²) in [4.78, 5) is 29.4. The van der Waals surface area contributed by atoms with Gasteiger partial charge in [0.05, 0.1) is 11.4 Å². The van der Waals surface area contributed by atoms with Crippen LogP contribution in [0.2, 0.25) is 0 Å². The van der Waals surface area contributed by atoms with E-state index in [1.54, 1.807) is 0 Å². The third-order valence-corrected chi connectivity index (χ3v) is 6.92. The first-order valence-electron chi connectivity index (χ1n) is 9.93. The topological polar surface area (TPSA) is 40.6 Å². The van der Waals surface area contributed by atoms with E-state index in [1.807, 2.05) is 42.5 Å². The number of benzene rings is 2. The Balaban J connectivity index is 1.60. The first-order valence-corrected chi connectivity index (χ1v) is 10.7. The number of imide groups is 1. The smallest absolute Gasteiger partial charge is 0.293 e. The molecule has 0 spiro atoms. The minimum atomic E-state index is -0.215. The summed E-state index contributed by atoms with van der Waals surface area (Å²) in [7, 11) is 2.14. The summed E-state index contributed by atoms with van der Waals surface area (Å²) in [5.41, 5.74) is 4.57. The van der Waals surface area contributed by atoms with Crippen molar-refractivity contribution in [1.82, 2.24) is 4.90 Å². The van der Waals surface area contributed by atoms with Gasteiger partial charge in [0.15, 0.2) is 0 Å². The molecule has 0 radical (unpaired) electrons. The van der Waals surface area contributed by atoms with Gasteiger partial charge in [-0.25, -0.2) is 0 Å². The van der Waals surface area contributed by atoms with Gasteiger partial charge in [-0.1, -0.05) is 43.3 Å². The van der Waals surface area contributed by atoms with Gasteiger partial charge in [0.25, 0.3) is 11.1 Å². The van der Waals surface area contributed by atoms with Crippen molar-refractivity contribution in [3.8, 4) is 0 Å². The molecule has 0 aliphatic carbocycles. The van der Waals surface area contributed by atoms with E-state index in [9.17, 15) is 9.59 Å². The van der Waals surface area contributed by atoms with Crippen LogP contribution in [0, 0.1) is 0 Å². The minimum Gasteiger partial charge on any atom is -0.369 e. The molecule has 2 heterocycles. The largest absolute Gasteiger partial charge is 0.369 e. The van der Waals surface area contributed by atoms with Crippen molar-refractivity contribution in [2.75, 3.05) is 11.9 Å². The lowest BCUT2D eigenvalue weighted by Crippen LogP contribution is -2.45. The number of amides is 2. The van der Waals surface area contributed by atoms with Crippen molar-refractivity contribution in [3.63, 3.8) is 0 Å². The summed E-state index contributed by atoms with van der Waals surface area (Å²) >= 11 is 1.02. The molecule has 4 nitrogen and oxygen atoms in total. The van der Waals surface area contributed by atoms with E-state index in [4.69, 9.17) is 0 Å². The minimum absolute atomic E-state index is 0.119. The second-order valence-corrected chi connectivity index (χ2v) is 9.54. The number of carbonyl (C=O) groups is 2. The monoisotopic (exact) mass is 406 g/mol. The Morgan fingerprint density at radius 1 is 1.14 bits per heavy atom. The van der Waals surface area contributed by atoms with Crippen LogP contribution in [0.5, 0.6) is 0 Å². The zero-order chi connectivity index (χ0) is 20.8. The molecule has 150 valence electrons. The summed E-state index contributed by atoms with van der Waals surface area (Å²) in [5, 5.41) is -0.210. The molecule has 1 fully saturated rings. The van der Waals surface area contributed by atoms with Gasteiger partial charge in [-0.2, -0.15) is 0 Å². The Morgan fingerprint density at radius 3 is 2.59 bits per heavy atom. The second kappa shape index (κ2) is 7.38. The average Bonchev–Trinajstić information content (AvgIpc) is 2.94. The van der Waals surface area contributed by atoms with Crippen LogP contribution < -0.4 is 4.90 Å². The number of nitrogens with zero attached hydrogens (tertiary/aromatic N) is 2. The fourth-order valence-corrected chi connectivity index (χ4v) is 5.08. The van der Waals surface area contributed by atoms with Crippen molar-refractivity contribution in [2.24, 2.45) is 0 Å². The molecule has 1 saturated heterocycles. The summed E-state index contributed by atoms with van der Waals surface area (Å²) in [5.74, 6) is 0.227. The lowest BCUT2D eigenvalue weighted by atomic mass is 9.80. The van der Waals surface area contributed by atoms with Gasteiger partial charge in [0, 0.05) is 18.3 Å². The van der Waals surface area contributed by atoms with E-state index < -0.39 is 0 Å². The highest BCUT2D eigenvalue weighted by Gasteiger charge is 2.36. The zero-order valence-electron chi connectivity index (χ0n) is 17.3. The van der Waals surface area contributed by atoms with Crippen LogP contribution in [-0.2, 0) is 11.3 Å². The number of hydrogen-bond acceptors (Lipinski definition) is 4. The highest BCUT2D eigenvalue weighted by atomic mass is 32.2. The summed E-state index contributed by atoms with van der Waals surface area (Å²) in [6.45, 7) is 7.10. The van der Waals surface area contributed by atoms with Crippen molar-refractivity contribution < 1.29 is 9.59 Å². The summed E-state index contributed by atoms with van der Waals surface area (Å²) in [6.07, 6.45) is 2.93. The first kappa shape index (κ1) is 19.8. The van der Waals surface area contributed by atoms with Crippen LogP contribution in [0.4, 0.5) is 10.5 Å². The number of rotatable bonds is 3. The molecule has 4 rings (SSSR count). The van der Waals surface area contributed by atoms with Crippen LogP contribution in [0.3, 0.4) is 0 Å². The third-order valence-electron chi connectivity index (χ3n) is 6.01. The Kier molecular flexibility index (Phi) is 5.03. The fourth-order valence-electron chi connectivity index (χ4n) is 4.24. The maximum absolute atomic E-state index is 12.8. The molecule has 2 aliphatic rings. The molecule has 5 heteroatoms. The van der Waals surface area contributed by atoms with Crippen molar-refractivity contribution in [1.29, 1.82) is 0 Å². The second-order valence-electron chi connectivity index (χ2n) is 8.55. The molecule has 0 saturated carbocycles. The Hall–Kier alpha value is -2.53. The maximum atomic E-state index is 12.8. The van der Waals surface area contributed by atoms with Crippen LogP contribution in [0.1, 0.15) is 49.8 Å². The molecule has 1 atom stereocenters. The standard InChI is InChI=1S/C24H26N2O2S/c1-16-14-24(2,3)25(4)20-11-10-18(12-19(16)20)13-21-22(27)26(23(28)29-21)15-17-8-6-5-7-9-17/h5-13,16H,14-15H2,1-4H3/b21-13-/t16-/m0/s1. The number of carbonyl (C=O) groups excluding carboxylic acids is 2. The number of thioether (sulfide) groups is 1. The first-order chi connectivity index (χ1) is 13.8. The number of fused-ring (bicyclic) bond motifs is 1. The highest BCUT2D eigenvalue weighted by Crippen LogP contribution is 2.43. The Labute approximate surface area is 176 Å². The predicted molar refractivity (Wildman–Crippen MR) is 120 cm³/mol. The van der Waals surface area contributed by atoms with E-state index >= 15 is 0 Å². The maximum Gasteiger partial charge on any atom is 0.293 e. The van der Waals surface area contributed by atoms with Crippen molar-refractivity contribution in [3.05, 3.63) is 70.1 Å². The van der Waals surface area contributed by atoms with E-state index in [1.165, 1.54) is 16.2 Å². The van der Waals surface area contributed by atoms with E-state index in [0.717, 1.165) is 29.3 Å². The Morgan fingerprint density at radius 2 is 1.86 bits per heavy atom. The fraction of sp³-hybridized carbons (Fsp3) is 0.333. The average molecular weight is 407 g/mol. The lowest BCUT2D eigenvalue weighted by molar-refractivity contribution is -0.123. The predicted octanol–water partition coefficient (Wildman–Crippen LogP) is 5.65. The van der Waals surface area contributed by atoms with Crippen molar-refractivity contribution in [2.45, 2.75) is 45.2 Å². The molecule has 2 aromatic rings. The third kappa shape index (κ3) is 3.71. The number of anilines is 1. The molecular formula is C24H26N2O2S. The molecular weight excluding hydrogens is 380 g/mol. The van der Waals surface area contributed by atoms with Gasteiger partial charge in [0.2, 0.25) is 0 Å². The summed E-state index contributed by atoms with van der Waals surface area (Å²) < 4.78 is 0. The molecule has 29 heavy (non-hydrogen) atoms. The Bertz CT molecular complexity index is 997. The van der Waals surface area contributed by atoms with Crippen LogP contribution >= 0.6 is 11.8 Å². The molecule has 0 unspecified atom stereocenters. The normalized spacial score (nSPS) is 22.3. The van der Waals surface area contributed by atoms with E-state index in [0.29, 0.717) is 17.4 Å². The molecule has 0 aromatic heterocycles. The number of hydrogen-bond donors (Lipinski definition) is 0. The molecule has 0 bridgehead atoms. The zero-order valence-corrected chi connectivity index (χ0v) is 18.1. The summed E-state index contributed by atoms with van der Waals surface area (Å²) in [6, 6.07) is 15.9. The van der Waals surface area contributed by atoms with Gasteiger partial charge in [-0.15, -0.1) is 0 Å². The van der Waals surface area contributed by atoms with Gasteiger partial charge in [0.1, 0.15) is 0 Å². The van der Waals surface area contributed by atoms with Gasteiger partial charge < -0.3 is 4.90 Å². The van der Waals surface area contributed by atoms with E-state index in [-0.39, 0.29) is 16.7 Å².